The number of nitrogens with zero attached hydrogens (tertiary/aromatic N) is 1. The summed E-state index contributed by atoms with van der Waals surface area (Å²) in [6, 6.07) is 1.84. The molecule has 66 valence electrons. The standard InChI is InChI=1S/C8H9BrClNO/c9-7-3-6(4-11-5-7)8(12)1-2-10/h3-5,8,12H,1-2H2. The zero-order valence-corrected chi connectivity index (χ0v) is 8.72. The van der Waals surface area contributed by atoms with Crippen LogP contribution in [0, 0.1) is 0 Å². The minimum atomic E-state index is -0.507. The van der Waals surface area contributed by atoms with Crippen LogP contribution in [-0.2, 0) is 0 Å². The van der Waals surface area contributed by atoms with Gasteiger partial charge >= 0.3 is 0 Å². The van der Waals surface area contributed by atoms with Crippen molar-refractivity contribution in [3.8, 4) is 0 Å². The Balaban J connectivity index is 2.73. The number of hydrogen-bond donors (Lipinski definition) is 1. The van der Waals surface area contributed by atoms with Crippen LogP contribution in [0.2, 0.25) is 0 Å². The molecule has 4 heteroatoms. The van der Waals surface area contributed by atoms with Gasteiger partial charge in [0.05, 0.1) is 6.10 Å². The Morgan fingerprint density at radius 2 is 2.33 bits per heavy atom. The minimum Gasteiger partial charge on any atom is -0.388 e. The second-order valence-corrected chi connectivity index (χ2v) is 3.72. The quantitative estimate of drug-likeness (QED) is 0.836. The van der Waals surface area contributed by atoms with Crippen LogP contribution < -0.4 is 0 Å². The number of alkyl halides is 1. The van der Waals surface area contributed by atoms with Crippen LogP contribution in [-0.4, -0.2) is 16.0 Å². The van der Waals surface area contributed by atoms with Crippen molar-refractivity contribution in [3.05, 3.63) is 28.5 Å². The molecule has 1 atom stereocenters. The number of aliphatic hydroxyl groups excluding tert-OH is 1. The van der Waals surface area contributed by atoms with Gasteiger partial charge in [-0.3, -0.25) is 4.98 Å². The normalized spacial score (nSPS) is 12.9. The Morgan fingerprint density at radius 1 is 1.58 bits per heavy atom. The fourth-order valence-electron chi connectivity index (χ4n) is 0.881. The lowest BCUT2D eigenvalue weighted by molar-refractivity contribution is 0.174. The Bertz CT molecular complexity index is 257. The van der Waals surface area contributed by atoms with E-state index in [1.165, 1.54) is 0 Å². The third-order valence-electron chi connectivity index (χ3n) is 1.49. The van der Waals surface area contributed by atoms with Crippen LogP contribution >= 0.6 is 27.5 Å². The Morgan fingerprint density at radius 3 is 2.92 bits per heavy atom. The van der Waals surface area contributed by atoms with Crippen LogP contribution in [0.1, 0.15) is 18.1 Å². The highest BCUT2D eigenvalue weighted by molar-refractivity contribution is 9.10. The van der Waals surface area contributed by atoms with Crippen molar-refractivity contribution >= 4 is 27.5 Å². The molecule has 1 rings (SSSR count). The van der Waals surface area contributed by atoms with Gasteiger partial charge in [-0.2, -0.15) is 0 Å². The molecule has 0 radical (unpaired) electrons. The minimum absolute atomic E-state index is 0.452. The van der Waals surface area contributed by atoms with Crippen molar-refractivity contribution in [2.75, 3.05) is 5.88 Å². The largest absolute Gasteiger partial charge is 0.388 e. The molecular weight excluding hydrogens is 241 g/mol. The maximum Gasteiger partial charge on any atom is 0.0816 e. The van der Waals surface area contributed by atoms with E-state index in [-0.39, 0.29) is 0 Å². The Kier molecular flexibility index (Phi) is 3.98. The van der Waals surface area contributed by atoms with Crippen molar-refractivity contribution in [2.45, 2.75) is 12.5 Å². The first-order valence-corrected chi connectivity index (χ1v) is 4.91. The molecule has 0 amide bonds. The average Bonchev–Trinajstić information content (AvgIpc) is 2.05. The van der Waals surface area contributed by atoms with Gasteiger partial charge in [-0.15, -0.1) is 11.6 Å². The Labute approximate surface area is 84.7 Å². The first kappa shape index (κ1) is 9.96. The van der Waals surface area contributed by atoms with Gasteiger partial charge in [-0.05, 0) is 34.0 Å². The number of pyridine rings is 1. The van der Waals surface area contributed by atoms with Crippen molar-refractivity contribution in [2.24, 2.45) is 0 Å². The van der Waals surface area contributed by atoms with Crippen LogP contribution in [0.25, 0.3) is 0 Å². The maximum absolute atomic E-state index is 9.50. The zero-order chi connectivity index (χ0) is 8.97. The van der Waals surface area contributed by atoms with Gasteiger partial charge in [-0.25, -0.2) is 0 Å². The van der Waals surface area contributed by atoms with E-state index in [1.807, 2.05) is 6.07 Å². The predicted octanol–water partition coefficient (Wildman–Crippen LogP) is 2.51. The van der Waals surface area contributed by atoms with Gasteiger partial charge < -0.3 is 5.11 Å². The number of aromatic nitrogens is 1. The second kappa shape index (κ2) is 4.80. The topological polar surface area (TPSA) is 33.1 Å². The van der Waals surface area contributed by atoms with Gasteiger partial charge in [0.15, 0.2) is 0 Å². The summed E-state index contributed by atoms with van der Waals surface area (Å²) in [7, 11) is 0. The summed E-state index contributed by atoms with van der Waals surface area (Å²) in [5, 5.41) is 9.50. The van der Waals surface area contributed by atoms with E-state index in [9.17, 15) is 5.11 Å². The van der Waals surface area contributed by atoms with E-state index in [2.05, 4.69) is 20.9 Å². The fraction of sp³-hybridized carbons (Fsp3) is 0.375. The summed E-state index contributed by atoms with van der Waals surface area (Å²) in [6.45, 7) is 0. The van der Waals surface area contributed by atoms with Crippen LogP contribution in [0.15, 0.2) is 22.9 Å². The van der Waals surface area contributed by atoms with Crippen LogP contribution in [0.5, 0.6) is 0 Å². The van der Waals surface area contributed by atoms with E-state index in [4.69, 9.17) is 11.6 Å². The molecule has 0 aliphatic carbocycles. The van der Waals surface area contributed by atoms with E-state index in [0.29, 0.717) is 12.3 Å². The van der Waals surface area contributed by atoms with Gasteiger partial charge in [0.25, 0.3) is 0 Å². The number of aliphatic hydroxyl groups is 1. The molecule has 0 aliphatic rings. The first-order chi connectivity index (χ1) is 5.74. The predicted molar refractivity (Wildman–Crippen MR) is 52.2 cm³/mol. The SMILES string of the molecule is OC(CCCl)c1cncc(Br)c1. The molecule has 1 heterocycles. The molecule has 0 fully saturated rings. The van der Waals surface area contributed by atoms with Crippen LogP contribution in [0.3, 0.4) is 0 Å². The van der Waals surface area contributed by atoms with Gasteiger partial charge in [0.2, 0.25) is 0 Å². The molecule has 0 aliphatic heterocycles. The summed E-state index contributed by atoms with van der Waals surface area (Å²) in [6.07, 6.45) is 3.37. The summed E-state index contributed by atoms with van der Waals surface area (Å²) in [5.41, 5.74) is 0.796. The lowest BCUT2D eigenvalue weighted by Gasteiger charge is -2.07. The van der Waals surface area contributed by atoms with Crippen molar-refractivity contribution in [1.29, 1.82) is 0 Å². The first-order valence-electron chi connectivity index (χ1n) is 3.58. The molecule has 1 unspecified atom stereocenters. The summed E-state index contributed by atoms with van der Waals surface area (Å²) in [4.78, 5) is 3.94. The van der Waals surface area contributed by atoms with E-state index in [1.54, 1.807) is 12.4 Å². The Hall–Kier alpha value is -0.120. The lowest BCUT2D eigenvalue weighted by Crippen LogP contribution is -1.98. The number of halogens is 2. The zero-order valence-electron chi connectivity index (χ0n) is 6.37. The van der Waals surface area contributed by atoms with Gasteiger partial charge in [-0.1, -0.05) is 0 Å². The van der Waals surface area contributed by atoms with Crippen molar-refractivity contribution < 1.29 is 5.11 Å². The fourth-order valence-corrected chi connectivity index (χ4v) is 1.47. The maximum atomic E-state index is 9.50. The van der Waals surface area contributed by atoms with E-state index >= 15 is 0 Å². The van der Waals surface area contributed by atoms with Gasteiger partial charge in [0, 0.05) is 22.7 Å². The van der Waals surface area contributed by atoms with Crippen molar-refractivity contribution in [1.82, 2.24) is 4.98 Å². The van der Waals surface area contributed by atoms with Crippen LogP contribution in [0.4, 0.5) is 0 Å². The highest BCUT2D eigenvalue weighted by atomic mass is 79.9. The molecule has 12 heavy (non-hydrogen) atoms. The summed E-state index contributed by atoms with van der Waals surface area (Å²) < 4.78 is 0.869. The second-order valence-electron chi connectivity index (χ2n) is 2.43. The molecule has 2 nitrogen and oxygen atoms in total. The molecular formula is C8H9BrClNO. The molecule has 1 aromatic heterocycles. The summed E-state index contributed by atoms with van der Waals surface area (Å²) >= 11 is 8.77. The third-order valence-corrected chi connectivity index (χ3v) is 2.15. The molecule has 1 N–H and O–H groups in total. The molecule has 0 aromatic carbocycles. The monoisotopic (exact) mass is 249 g/mol. The third kappa shape index (κ3) is 2.73. The number of hydrogen-bond acceptors (Lipinski definition) is 2. The van der Waals surface area contributed by atoms with Crippen molar-refractivity contribution in [3.63, 3.8) is 0 Å². The lowest BCUT2D eigenvalue weighted by atomic mass is 10.1. The molecule has 0 spiro atoms. The molecule has 1 aromatic rings. The average molecular weight is 251 g/mol. The summed E-state index contributed by atoms with van der Waals surface area (Å²) in [5.74, 6) is 0.452. The van der Waals surface area contributed by atoms with Gasteiger partial charge in [0.1, 0.15) is 0 Å². The van der Waals surface area contributed by atoms with E-state index < -0.39 is 6.10 Å². The highest BCUT2D eigenvalue weighted by Crippen LogP contribution is 2.19. The molecule has 0 saturated carbocycles. The molecule has 0 saturated heterocycles. The smallest absolute Gasteiger partial charge is 0.0816 e. The molecule has 0 bridgehead atoms. The van der Waals surface area contributed by atoms with E-state index in [0.717, 1.165) is 10.0 Å². The number of rotatable bonds is 3. The highest BCUT2D eigenvalue weighted by Gasteiger charge is 2.06.